The Bertz CT molecular complexity index is 399. The molecule has 104 valence electrons. The lowest BCUT2D eigenvalue weighted by Crippen LogP contribution is -2.26. The van der Waals surface area contributed by atoms with Crippen molar-refractivity contribution >= 4 is 5.91 Å². The molecule has 0 unspecified atom stereocenters. The van der Waals surface area contributed by atoms with Gasteiger partial charge in [-0.25, -0.2) is 0 Å². The molecule has 4 nitrogen and oxygen atoms in total. The summed E-state index contributed by atoms with van der Waals surface area (Å²) in [6, 6.07) is 7.36. The summed E-state index contributed by atoms with van der Waals surface area (Å²) in [6.07, 6.45) is 3.50. The highest BCUT2D eigenvalue weighted by Gasteiger charge is 2.21. The maximum absolute atomic E-state index is 11.8. The SMILES string of the molecule is CNCCCNC(=O)c1ccc(OCC2CC2)cc1. The van der Waals surface area contributed by atoms with E-state index in [2.05, 4.69) is 10.6 Å². The van der Waals surface area contributed by atoms with Crippen molar-refractivity contribution in [3.8, 4) is 5.75 Å². The van der Waals surface area contributed by atoms with Crippen molar-refractivity contribution in [2.75, 3.05) is 26.7 Å². The van der Waals surface area contributed by atoms with E-state index in [1.165, 1.54) is 12.8 Å². The second-order valence-electron chi connectivity index (χ2n) is 4.99. The fourth-order valence-corrected chi connectivity index (χ4v) is 1.77. The summed E-state index contributed by atoms with van der Waals surface area (Å²) in [6.45, 7) is 2.41. The fraction of sp³-hybridized carbons (Fsp3) is 0.533. The summed E-state index contributed by atoms with van der Waals surface area (Å²) >= 11 is 0. The molecule has 0 spiro atoms. The first kappa shape index (κ1) is 13.9. The first-order valence-electron chi connectivity index (χ1n) is 6.95. The minimum absolute atomic E-state index is 0.0233. The highest BCUT2D eigenvalue weighted by molar-refractivity contribution is 5.94. The van der Waals surface area contributed by atoms with Gasteiger partial charge in [-0.05, 0) is 63.0 Å². The molecule has 0 radical (unpaired) electrons. The van der Waals surface area contributed by atoms with Crippen LogP contribution in [0.25, 0.3) is 0 Å². The molecule has 0 saturated heterocycles. The van der Waals surface area contributed by atoms with Gasteiger partial charge in [0.25, 0.3) is 5.91 Å². The van der Waals surface area contributed by atoms with Crippen LogP contribution in [0.15, 0.2) is 24.3 Å². The standard InChI is InChI=1S/C15H22N2O2/c1-16-9-2-10-17-15(18)13-5-7-14(8-6-13)19-11-12-3-4-12/h5-8,12,16H,2-4,9-11H2,1H3,(H,17,18). The summed E-state index contributed by atoms with van der Waals surface area (Å²) in [5.74, 6) is 1.57. The zero-order valence-electron chi connectivity index (χ0n) is 11.4. The van der Waals surface area contributed by atoms with Crippen LogP contribution in [0.3, 0.4) is 0 Å². The van der Waals surface area contributed by atoms with Gasteiger partial charge in [-0.2, -0.15) is 0 Å². The van der Waals surface area contributed by atoms with Crippen LogP contribution in [0.4, 0.5) is 0 Å². The van der Waals surface area contributed by atoms with E-state index in [0.29, 0.717) is 12.1 Å². The van der Waals surface area contributed by atoms with Crippen molar-refractivity contribution in [2.24, 2.45) is 5.92 Å². The second-order valence-corrected chi connectivity index (χ2v) is 4.99. The lowest BCUT2D eigenvalue weighted by molar-refractivity contribution is 0.0953. The van der Waals surface area contributed by atoms with Crippen LogP contribution in [-0.4, -0.2) is 32.7 Å². The Morgan fingerprint density at radius 3 is 2.63 bits per heavy atom. The summed E-state index contributed by atoms with van der Waals surface area (Å²) in [4.78, 5) is 11.8. The second kappa shape index (κ2) is 7.14. The van der Waals surface area contributed by atoms with Crippen molar-refractivity contribution in [3.05, 3.63) is 29.8 Å². The molecule has 1 aromatic rings. The van der Waals surface area contributed by atoms with E-state index in [9.17, 15) is 4.79 Å². The minimum Gasteiger partial charge on any atom is -0.493 e. The maximum atomic E-state index is 11.8. The number of carbonyl (C=O) groups is 1. The van der Waals surface area contributed by atoms with Gasteiger partial charge in [0.2, 0.25) is 0 Å². The van der Waals surface area contributed by atoms with Crippen molar-refractivity contribution in [1.82, 2.24) is 10.6 Å². The zero-order chi connectivity index (χ0) is 13.5. The Morgan fingerprint density at radius 2 is 2.00 bits per heavy atom. The molecule has 1 fully saturated rings. The molecule has 19 heavy (non-hydrogen) atoms. The van der Waals surface area contributed by atoms with Gasteiger partial charge in [-0.3, -0.25) is 4.79 Å². The van der Waals surface area contributed by atoms with Gasteiger partial charge in [-0.15, -0.1) is 0 Å². The van der Waals surface area contributed by atoms with Gasteiger partial charge in [-0.1, -0.05) is 0 Å². The number of hydrogen-bond donors (Lipinski definition) is 2. The molecule has 1 saturated carbocycles. The number of amides is 1. The number of rotatable bonds is 8. The van der Waals surface area contributed by atoms with Gasteiger partial charge in [0.15, 0.2) is 0 Å². The molecular weight excluding hydrogens is 240 g/mol. The van der Waals surface area contributed by atoms with Crippen molar-refractivity contribution in [3.63, 3.8) is 0 Å². The van der Waals surface area contributed by atoms with Crippen LogP contribution in [-0.2, 0) is 0 Å². The van der Waals surface area contributed by atoms with Gasteiger partial charge in [0.1, 0.15) is 5.75 Å². The van der Waals surface area contributed by atoms with Crippen LogP contribution >= 0.6 is 0 Å². The minimum atomic E-state index is -0.0233. The van der Waals surface area contributed by atoms with Crippen molar-refractivity contribution in [1.29, 1.82) is 0 Å². The Morgan fingerprint density at radius 1 is 1.26 bits per heavy atom. The van der Waals surface area contributed by atoms with E-state index < -0.39 is 0 Å². The summed E-state index contributed by atoms with van der Waals surface area (Å²) < 4.78 is 5.64. The molecule has 0 heterocycles. The van der Waals surface area contributed by atoms with Crippen LogP contribution in [0, 0.1) is 5.92 Å². The van der Waals surface area contributed by atoms with Crippen LogP contribution in [0.5, 0.6) is 5.75 Å². The molecular formula is C15H22N2O2. The predicted molar refractivity (Wildman–Crippen MR) is 75.5 cm³/mol. The van der Waals surface area contributed by atoms with Crippen LogP contribution in [0.2, 0.25) is 0 Å². The van der Waals surface area contributed by atoms with Gasteiger partial charge < -0.3 is 15.4 Å². The van der Waals surface area contributed by atoms with E-state index in [1.54, 1.807) is 0 Å². The lowest BCUT2D eigenvalue weighted by atomic mass is 10.2. The number of ether oxygens (including phenoxy) is 1. The third kappa shape index (κ3) is 4.91. The molecule has 1 amide bonds. The van der Waals surface area contributed by atoms with Gasteiger partial charge in [0.05, 0.1) is 6.61 Å². The zero-order valence-corrected chi connectivity index (χ0v) is 11.4. The molecule has 2 N–H and O–H groups in total. The van der Waals surface area contributed by atoms with E-state index in [4.69, 9.17) is 4.74 Å². The molecule has 0 aromatic heterocycles. The third-order valence-corrected chi connectivity index (χ3v) is 3.19. The monoisotopic (exact) mass is 262 g/mol. The number of benzene rings is 1. The molecule has 2 rings (SSSR count). The quantitative estimate of drug-likeness (QED) is 0.703. The molecule has 0 aliphatic heterocycles. The van der Waals surface area contributed by atoms with E-state index in [1.807, 2.05) is 31.3 Å². The van der Waals surface area contributed by atoms with E-state index >= 15 is 0 Å². The average molecular weight is 262 g/mol. The van der Waals surface area contributed by atoms with Gasteiger partial charge >= 0.3 is 0 Å². The lowest BCUT2D eigenvalue weighted by Gasteiger charge is -2.07. The van der Waals surface area contributed by atoms with Gasteiger partial charge in [0, 0.05) is 12.1 Å². The first-order valence-corrected chi connectivity index (χ1v) is 6.95. The molecule has 0 atom stereocenters. The fourth-order valence-electron chi connectivity index (χ4n) is 1.77. The Hall–Kier alpha value is -1.55. The number of hydrogen-bond acceptors (Lipinski definition) is 3. The van der Waals surface area contributed by atoms with Crippen LogP contribution < -0.4 is 15.4 Å². The maximum Gasteiger partial charge on any atom is 0.251 e. The topological polar surface area (TPSA) is 50.4 Å². The molecule has 0 bridgehead atoms. The largest absolute Gasteiger partial charge is 0.493 e. The Labute approximate surface area is 114 Å². The average Bonchev–Trinajstić information content (AvgIpc) is 3.26. The van der Waals surface area contributed by atoms with Crippen LogP contribution in [0.1, 0.15) is 29.6 Å². The number of carbonyl (C=O) groups excluding carboxylic acids is 1. The molecule has 1 aromatic carbocycles. The summed E-state index contributed by atoms with van der Waals surface area (Å²) in [5.41, 5.74) is 0.684. The first-order chi connectivity index (χ1) is 9.29. The molecule has 4 heteroatoms. The van der Waals surface area contributed by atoms with E-state index in [-0.39, 0.29) is 5.91 Å². The van der Waals surface area contributed by atoms with Crippen molar-refractivity contribution in [2.45, 2.75) is 19.3 Å². The highest BCUT2D eigenvalue weighted by atomic mass is 16.5. The van der Waals surface area contributed by atoms with E-state index in [0.717, 1.165) is 31.2 Å². The number of nitrogens with one attached hydrogen (secondary N) is 2. The smallest absolute Gasteiger partial charge is 0.251 e. The Kier molecular flexibility index (Phi) is 5.21. The summed E-state index contributed by atoms with van der Waals surface area (Å²) in [5, 5.41) is 5.94. The molecule has 1 aliphatic carbocycles. The summed E-state index contributed by atoms with van der Waals surface area (Å²) in [7, 11) is 1.90. The van der Waals surface area contributed by atoms with Crippen molar-refractivity contribution < 1.29 is 9.53 Å². The highest BCUT2D eigenvalue weighted by Crippen LogP contribution is 2.29. The predicted octanol–water partition coefficient (Wildman–Crippen LogP) is 1.81. The Balaban J connectivity index is 1.74. The normalized spacial score (nSPS) is 14.2. The molecule has 1 aliphatic rings. The third-order valence-electron chi connectivity index (χ3n) is 3.19.